The zero-order valence-electron chi connectivity index (χ0n) is 15.4. The summed E-state index contributed by atoms with van der Waals surface area (Å²) >= 11 is 6.27. The molecule has 0 radical (unpaired) electrons. The predicted octanol–water partition coefficient (Wildman–Crippen LogP) is 4.94. The van der Waals surface area contributed by atoms with Gasteiger partial charge >= 0.3 is 0 Å². The second-order valence-electron chi connectivity index (χ2n) is 7.14. The highest BCUT2D eigenvalue weighted by Crippen LogP contribution is 2.48. The van der Waals surface area contributed by atoms with Gasteiger partial charge in [0.15, 0.2) is 0 Å². The molecule has 1 aromatic heterocycles. The first-order valence-corrected chi connectivity index (χ1v) is 9.55. The molecule has 1 aliphatic carbocycles. The molecule has 3 aromatic rings. The highest BCUT2D eigenvalue weighted by Gasteiger charge is 2.44. The molecule has 1 amide bonds. The molecular weight excluding hydrogens is 358 g/mol. The van der Waals surface area contributed by atoms with Crippen LogP contribution in [0.5, 0.6) is 0 Å². The van der Waals surface area contributed by atoms with Crippen molar-refractivity contribution in [2.75, 3.05) is 5.32 Å². The molecule has 2 aromatic carbocycles. The number of nitrogens with zero attached hydrogens (tertiary/aromatic N) is 2. The van der Waals surface area contributed by atoms with E-state index in [1.54, 1.807) is 0 Å². The van der Waals surface area contributed by atoms with Gasteiger partial charge in [0.25, 0.3) is 0 Å². The highest BCUT2D eigenvalue weighted by atomic mass is 35.5. The lowest BCUT2D eigenvalue weighted by Gasteiger charge is -2.08. The quantitative estimate of drug-likeness (QED) is 0.682. The number of carbonyl (C=O) groups excluding carboxylic acids is 1. The minimum absolute atomic E-state index is 0.0399. The van der Waals surface area contributed by atoms with Crippen LogP contribution in [0.2, 0.25) is 5.02 Å². The fraction of sp³-hybridized carbons (Fsp3) is 0.273. The van der Waals surface area contributed by atoms with Crippen molar-refractivity contribution in [3.8, 4) is 0 Å². The number of aromatic nitrogens is 2. The van der Waals surface area contributed by atoms with Crippen LogP contribution >= 0.6 is 11.6 Å². The number of aryl methyl sites for hydroxylation is 1. The van der Waals surface area contributed by atoms with Crippen LogP contribution < -0.4 is 5.32 Å². The molecule has 1 N–H and O–H groups in total. The Morgan fingerprint density at radius 2 is 1.85 bits per heavy atom. The van der Waals surface area contributed by atoms with Crippen LogP contribution in [-0.2, 0) is 11.3 Å². The van der Waals surface area contributed by atoms with E-state index in [-0.39, 0.29) is 11.8 Å². The Morgan fingerprint density at radius 1 is 1.15 bits per heavy atom. The van der Waals surface area contributed by atoms with Gasteiger partial charge in [0, 0.05) is 10.9 Å². The number of rotatable bonds is 5. The van der Waals surface area contributed by atoms with E-state index in [0.717, 1.165) is 34.1 Å². The van der Waals surface area contributed by atoms with E-state index in [1.807, 2.05) is 61.0 Å². The standard InChI is InChI=1S/C22H22ClN3O/c1-14-21(15(2)26(25-14)13-17-10-6-7-11-20(17)23)24-22(27)19-12-18(19)16-8-4-3-5-9-16/h3-11,18-19H,12-13H2,1-2H3,(H,24,27). The van der Waals surface area contributed by atoms with Crippen LogP contribution in [0.4, 0.5) is 5.69 Å². The fourth-order valence-electron chi connectivity index (χ4n) is 3.59. The van der Waals surface area contributed by atoms with Gasteiger partial charge in [-0.1, -0.05) is 60.1 Å². The Morgan fingerprint density at radius 3 is 2.59 bits per heavy atom. The van der Waals surface area contributed by atoms with E-state index in [0.29, 0.717) is 12.5 Å². The average molecular weight is 380 g/mol. The van der Waals surface area contributed by atoms with Gasteiger partial charge in [0.2, 0.25) is 5.91 Å². The largest absolute Gasteiger partial charge is 0.323 e. The molecule has 0 saturated heterocycles. The summed E-state index contributed by atoms with van der Waals surface area (Å²) in [6, 6.07) is 18.0. The van der Waals surface area contributed by atoms with Crippen LogP contribution in [0, 0.1) is 19.8 Å². The summed E-state index contributed by atoms with van der Waals surface area (Å²) in [6.07, 6.45) is 0.904. The lowest BCUT2D eigenvalue weighted by molar-refractivity contribution is -0.117. The Balaban J connectivity index is 1.48. The molecule has 0 spiro atoms. The second-order valence-corrected chi connectivity index (χ2v) is 7.55. The molecular formula is C22H22ClN3O. The van der Waals surface area contributed by atoms with Crippen LogP contribution in [0.3, 0.4) is 0 Å². The Labute approximate surface area is 164 Å². The van der Waals surface area contributed by atoms with Crippen molar-refractivity contribution < 1.29 is 4.79 Å². The highest BCUT2D eigenvalue weighted by molar-refractivity contribution is 6.31. The fourth-order valence-corrected chi connectivity index (χ4v) is 3.78. The predicted molar refractivity (Wildman–Crippen MR) is 108 cm³/mol. The van der Waals surface area contributed by atoms with Crippen molar-refractivity contribution in [1.29, 1.82) is 0 Å². The molecule has 5 heteroatoms. The summed E-state index contributed by atoms with van der Waals surface area (Å²) < 4.78 is 1.90. The minimum Gasteiger partial charge on any atom is -0.323 e. The Hall–Kier alpha value is -2.59. The van der Waals surface area contributed by atoms with E-state index in [9.17, 15) is 4.79 Å². The summed E-state index contributed by atoms with van der Waals surface area (Å²) in [7, 11) is 0. The number of benzene rings is 2. The number of halogens is 1. The Bertz CT molecular complexity index is 980. The van der Waals surface area contributed by atoms with Gasteiger partial charge in [-0.05, 0) is 43.4 Å². The van der Waals surface area contributed by atoms with Gasteiger partial charge in [0.05, 0.1) is 23.6 Å². The van der Waals surface area contributed by atoms with E-state index in [4.69, 9.17) is 11.6 Å². The van der Waals surface area contributed by atoms with Crippen molar-refractivity contribution >= 4 is 23.2 Å². The van der Waals surface area contributed by atoms with Crippen molar-refractivity contribution in [3.05, 3.63) is 82.1 Å². The number of hydrogen-bond acceptors (Lipinski definition) is 2. The van der Waals surface area contributed by atoms with E-state index in [2.05, 4.69) is 22.5 Å². The molecule has 1 heterocycles. The van der Waals surface area contributed by atoms with Crippen molar-refractivity contribution in [1.82, 2.24) is 9.78 Å². The maximum atomic E-state index is 12.7. The molecule has 1 fully saturated rings. The SMILES string of the molecule is Cc1nn(Cc2ccccc2Cl)c(C)c1NC(=O)C1CC1c1ccccc1. The number of hydrogen-bond donors (Lipinski definition) is 1. The van der Waals surface area contributed by atoms with Gasteiger partial charge in [-0.15, -0.1) is 0 Å². The van der Waals surface area contributed by atoms with E-state index >= 15 is 0 Å². The van der Waals surface area contributed by atoms with Crippen molar-refractivity contribution in [2.45, 2.75) is 32.7 Å². The van der Waals surface area contributed by atoms with Gasteiger partial charge in [0.1, 0.15) is 0 Å². The molecule has 1 aliphatic rings. The molecule has 0 aliphatic heterocycles. The lowest BCUT2D eigenvalue weighted by atomic mass is 10.1. The van der Waals surface area contributed by atoms with Gasteiger partial charge in [-0.25, -0.2) is 0 Å². The third-order valence-corrected chi connectivity index (χ3v) is 5.63. The van der Waals surface area contributed by atoms with E-state index < -0.39 is 0 Å². The zero-order valence-corrected chi connectivity index (χ0v) is 16.2. The van der Waals surface area contributed by atoms with Gasteiger partial charge in [-0.3, -0.25) is 9.48 Å². The van der Waals surface area contributed by atoms with Crippen LogP contribution in [0.1, 0.15) is 34.9 Å². The smallest absolute Gasteiger partial charge is 0.228 e. The van der Waals surface area contributed by atoms with Crippen molar-refractivity contribution in [3.63, 3.8) is 0 Å². The molecule has 2 unspecified atom stereocenters. The third kappa shape index (κ3) is 3.62. The molecule has 0 bridgehead atoms. The lowest BCUT2D eigenvalue weighted by Crippen LogP contribution is -2.16. The molecule has 4 nitrogen and oxygen atoms in total. The first-order chi connectivity index (χ1) is 13.0. The van der Waals surface area contributed by atoms with Crippen LogP contribution in [-0.4, -0.2) is 15.7 Å². The summed E-state index contributed by atoms with van der Waals surface area (Å²) in [5.41, 5.74) is 4.82. The normalized spacial score (nSPS) is 18.3. The van der Waals surface area contributed by atoms with Gasteiger partial charge < -0.3 is 5.32 Å². The first-order valence-electron chi connectivity index (χ1n) is 9.18. The van der Waals surface area contributed by atoms with E-state index in [1.165, 1.54) is 5.56 Å². The summed E-state index contributed by atoms with van der Waals surface area (Å²) in [5.74, 6) is 0.440. The van der Waals surface area contributed by atoms with Crippen molar-refractivity contribution in [2.24, 2.45) is 5.92 Å². The zero-order chi connectivity index (χ0) is 19.0. The molecule has 138 valence electrons. The minimum atomic E-state index is 0.0399. The molecule has 1 saturated carbocycles. The van der Waals surface area contributed by atoms with Gasteiger partial charge in [-0.2, -0.15) is 5.10 Å². The van der Waals surface area contributed by atoms with Crippen LogP contribution in [0.15, 0.2) is 54.6 Å². The number of nitrogens with one attached hydrogen (secondary N) is 1. The monoisotopic (exact) mass is 379 g/mol. The van der Waals surface area contributed by atoms with Crippen LogP contribution in [0.25, 0.3) is 0 Å². The summed E-state index contributed by atoms with van der Waals surface area (Å²) in [4.78, 5) is 12.7. The summed E-state index contributed by atoms with van der Waals surface area (Å²) in [5, 5.41) is 8.43. The number of anilines is 1. The number of carbonyl (C=O) groups is 1. The molecule has 27 heavy (non-hydrogen) atoms. The third-order valence-electron chi connectivity index (χ3n) is 5.26. The summed E-state index contributed by atoms with van der Waals surface area (Å²) in [6.45, 7) is 4.49. The average Bonchev–Trinajstić information content (AvgIpc) is 3.43. The maximum Gasteiger partial charge on any atom is 0.228 e. The second kappa shape index (κ2) is 7.20. The molecule has 4 rings (SSSR count). The molecule has 2 atom stereocenters. The maximum absolute atomic E-state index is 12.7. The Kier molecular flexibility index (Phi) is 4.75. The topological polar surface area (TPSA) is 46.9 Å². The first kappa shape index (κ1) is 17.8. The number of amides is 1.